The first-order valence-electron chi connectivity index (χ1n) is 7.37. The molecule has 0 aliphatic rings. The smallest absolute Gasteiger partial charge is 0.222 e. The molecule has 2 N–H and O–H groups in total. The van der Waals surface area contributed by atoms with E-state index in [0.29, 0.717) is 19.5 Å². The third-order valence-electron chi connectivity index (χ3n) is 3.09. The van der Waals surface area contributed by atoms with E-state index >= 15 is 0 Å². The van der Waals surface area contributed by atoms with E-state index in [1.54, 1.807) is 0 Å². The summed E-state index contributed by atoms with van der Waals surface area (Å²) in [7, 11) is 0. The fourth-order valence-electron chi connectivity index (χ4n) is 2.00. The Hall–Kier alpha value is -0.870. The molecule has 0 rings (SSSR count). The highest BCUT2D eigenvalue weighted by atomic mass is 16.3. The zero-order valence-corrected chi connectivity index (χ0v) is 12.2. The molecule has 0 aliphatic heterocycles. The lowest BCUT2D eigenvalue weighted by molar-refractivity contribution is -0.132. The molecule has 4 nitrogen and oxygen atoms in total. The van der Waals surface area contributed by atoms with Gasteiger partial charge in [-0.3, -0.25) is 4.79 Å². The van der Waals surface area contributed by atoms with Crippen molar-refractivity contribution in [1.82, 2.24) is 4.90 Å². The minimum absolute atomic E-state index is 0.0389. The second-order valence-corrected chi connectivity index (χ2v) is 4.70. The van der Waals surface area contributed by atoms with Crippen LogP contribution in [0.1, 0.15) is 51.9 Å². The van der Waals surface area contributed by atoms with E-state index in [4.69, 9.17) is 10.2 Å². The van der Waals surface area contributed by atoms with E-state index < -0.39 is 0 Å². The van der Waals surface area contributed by atoms with E-state index in [1.807, 2.05) is 6.92 Å². The van der Waals surface area contributed by atoms with Crippen LogP contribution in [-0.2, 0) is 4.79 Å². The number of amides is 1. The van der Waals surface area contributed by atoms with E-state index in [0.717, 1.165) is 19.3 Å². The summed E-state index contributed by atoms with van der Waals surface area (Å²) in [6, 6.07) is 0. The largest absolute Gasteiger partial charge is 0.395 e. The number of allylic oxidation sites excluding steroid dienone is 2. The molecule has 4 heteroatoms. The van der Waals surface area contributed by atoms with Crippen LogP contribution in [0.15, 0.2) is 12.2 Å². The van der Waals surface area contributed by atoms with Gasteiger partial charge < -0.3 is 15.1 Å². The van der Waals surface area contributed by atoms with Gasteiger partial charge in [0.05, 0.1) is 13.2 Å². The number of hydrogen-bond donors (Lipinski definition) is 2. The molecule has 0 heterocycles. The summed E-state index contributed by atoms with van der Waals surface area (Å²) in [4.78, 5) is 13.3. The van der Waals surface area contributed by atoms with Crippen molar-refractivity contribution in [1.29, 1.82) is 0 Å². The number of carbonyl (C=O) groups excluding carboxylic acids is 1. The van der Waals surface area contributed by atoms with E-state index in [-0.39, 0.29) is 19.1 Å². The number of hydrogen-bond acceptors (Lipinski definition) is 3. The van der Waals surface area contributed by atoms with Crippen LogP contribution in [0.2, 0.25) is 0 Å². The quantitative estimate of drug-likeness (QED) is 0.422. The molecular formula is C15H29NO3. The molecule has 0 aliphatic carbocycles. The van der Waals surface area contributed by atoms with Crippen LogP contribution in [-0.4, -0.2) is 47.3 Å². The van der Waals surface area contributed by atoms with Crippen molar-refractivity contribution < 1.29 is 15.0 Å². The zero-order chi connectivity index (χ0) is 14.3. The molecule has 0 spiro atoms. The Kier molecular flexibility index (Phi) is 12.9. The Labute approximate surface area is 117 Å². The number of aliphatic hydroxyl groups excluding tert-OH is 2. The van der Waals surface area contributed by atoms with Gasteiger partial charge >= 0.3 is 0 Å². The van der Waals surface area contributed by atoms with E-state index in [2.05, 4.69) is 12.2 Å². The van der Waals surface area contributed by atoms with Crippen LogP contribution >= 0.6 is 0 Å². The molecule has 0 aromatic carbocycles. The average Bonchev–Trinajstić information content (AvgIpc) is 2.41. The molecule has 0 saturated carbocycles. The standard InChI is InChI=1S/C15H29NO3/c1-2-3-4-5-6-7-8-9-10-15(19)16(11-13-17)12-14-18/h2-3,17-18H,4-14H2,1H3/b3-2+. The van der Waals surface area contributed by atoms with Crippen molar-refractivity contribution in [2.24, 2.45) is 0 Å². The second kappa shape index (κ2) is 13.6. The molecule has 1 amide bonds. The van der Waals surface area contributed by atoms with E-state index in [1.165, 1.54) is 24.2 Å². The minimum atomic E-state index is -0.0450. The van der Waals surface area contributed by atoms with Crippen LogP contribution in [0, 0.1) is 0 Å². The number of aliphatic hydroxyl groups is 2. The van der Waals surface area contributed by atoms with Crippen LogP contribution in [0.5, 0.6) is 0 Å². The molecule has 112 valence electrons. The molecular weight excluding hydrogens is 242 g/mol. The summed E-state index contributed by atoms with van der Waals surface area (Å²) in [5.41, 5.74) is 0. The minimum Gasteiger partial charge on any atom is -0.395 e. The fourth-order valence-corrected chi connectivity index (χ4v) is 2.00. The van der Waals surface area contributed by atoms with Crippen LogP contribution in [0.3, 0.4) is 0 Å². The fraction of sp³-hybridized carbons (Fsp3) is 0.800. The van der Waals surface area contributed by atoms with Gasteiger partial charge in [0.1, 0.15) is 0 Å². The molecule has 0 fully saturated rings. The van der Waals surface area contributed by atoms with Gasteiger partial charge in [-0.1, -0.05) is 31.4 Å². The van der Waals surface area contributed by atoms with Crippen molar-refractivity contribution >= 4 is 5.91 Å². The van der Waals surface area contributed by atoms with E-state index in [9.17, 15) is 4.79 Å². The van der Waals surface area contributed by atoms with Crippen molar-refractivity contribution in [2.75, 3.05) is 26.3 Å². The van der Waals surface area contributed by atoms with Gasteiger partial charge in [0, 0.05) is 19.5 Å². The molecule has 19 heavy (non-hydrogen) atoms. The Balaban J connectivity index is 3.55. The second-order valence-electron chi connectivity index (χ2n) is 4.70. The van der Waals surface area contributed by atoms with Crippen molar-refractivity contribution in [2.45, 2.75) is 51.9 Å². The Morgan fingerprint density at radius 2 is 1.58 bits per heavy atom. The molecule has 0 radical (unpaired) electrons. The summed E-state index contributed by atoms with van der Waals surface area (Å²) in [5.74, 6) is 0.0389. The summed E-state index contributed by atoms with van der Waals surface area (Å²) in [6.07, 6.45) is 11.5. The lowest BCUT2D eigenvalue weighted by Gasteiger charge is -2.20. The summed E-state index contributed by atoms with van der Waals surface area (Å²) < 4.78 is 0. The molecule has 0 unspecified atom stereocenters. The first-order chi connectivity index (χ1) is 9.26. The maximum atomic E-state index is 11.8. The maximum Gasteiger partial charge on any atom is 0.222 e. The zero-order valence-electron chi connectivity index (χ0n) is 12.2. The van der Waals surface area contributed by atoms with Crippen LogP contribution in [0.4, 0.5) is 0 Å². The van der Waals surface area contributed by atoms with Gasteiger partial charge in [0.2, 0.25) is 5.91 Å². The monoisotopic (exact) mass is 271 g/mol. The Morgan fingerprint density at radius 3 is 2.16 bits per heavy atom. The van der Waals surface area contributed by atoms with Gasteiger partial charge in [-0.25, -0.2) is 0 Å². The Morgan fingerprint density at radius 1 is 1.00 bits per heavy atom. The SMILES string of the molecule is C/C=C/CCCCCCCC(=O)N(CCO)CCO. The first-order valence-corrected chi connectivity index (χ1v) is 7.37. The number of unbranched alkanes of at least 4 members (excludes halogenated alkanes) is 5. The molecule has 0 atom stereocenters. The average molecular weight is 271 g/mol. The third-order valence-corrected chi connectivity index (χ3v) is 3.09. The van der Waals surface area contributed by atoms with Gasteiger partial charge in [-0.2, -0.15) is 0 Å². The molecule has 0 saturated heterocycles. The Bertz CT molecular complexity index is 236. The van der Waals surface area contributed by atoms with Crippen LogP contribution < -0.4 is 0 Å². The molecule has 0 aromatic rings. The van der Waals surface area contributed by atoms with Crippen molar-refractivity contribution in [3.8, 4) is 0 Å². The first kappa shape index (κ1) is 18.1. The number of carbonyl (C=O) groups is 1. The third kappa shape index (κ3) is 10.7. The highest BCUT2D eigenvalue weighted by Gasteiger charge is 2.11. The highest BCUT2D eigenvalue weighted by Crippen LogP contribution is 2.09. The highest BCUT2D eigenvalue weighted by molar-refractivity contribution is 5.76. The molecule has 0 aromatic heterocycles. The number of rotatable bonds is 12. The maximum absolute atomic E-state index is 11.8. The predicted molar refractivity (Wildman–Crippen MR) is 77.9 cm³/mol. The normalized spacial score (nSPS) is 11.1. The summed E-state index contributed by atoms with van der Waals surface area (Å²) in [6.45, 7) is 2.59. The van der Waals surface area contributed by atoms with Gasteiger partial charge in [0.25, 0.3) is 0 Å². The van der Waals surface area contributed by atoms with Gasteiger partial charge in [0.15, 0.2) is 0 Å². The lowest BCUT2D eigenvalue weighted by Crippen LogP contribution is -2.35. The lowest BCUT2D eigenvalue weighted by atomic mass is 10.1. The van der Waals surface area contributed by atoms with Crippen LogP contribution in [0.25, 0.3) is 0 Å². The summed E-state index contributed by atoms with van der Waals surface area (Å²) >= 11 is 0. The number of nitrogens with zero attached hydrogens (tertiary/aromatic N) is 1. The summed E-state index contributed by atoms with van der Waals surface area (Å²) in [5, 5.41) is 17.7. The van der Waals surface area contributed by atoms with Crippen molar-refractivity contribution in [3.63, 3.8) is 0 Å². The topological polar surface area (TPSA) is 60.8 Å². The van der Waals surface area contributed by atoms with Gasteiger partial charge in [-0.15, -0.1) is 0 Å². The van der Waals surface area contributed by atoms with Gasteiger partial charge in [-0.05, 0) is 26.2 Å². The predicted octanol–water partition coefficient (Wildman–Crippen LogP) is 2.11. The molecule has 0 bridgehead atoms. The van der Waals surface area contributed by atoms with Crippen molar-refractivity contribution in [3.05, 3.63) is 12.2 Å².